The molecule has 2 saturated heterocycles. The average Bonchev–Trinajstić information content (AvgIpc) is 2.79. The third kappa shape index (κ3) is 1.10. The Balaban J connectivity index is 1.88. The van der Waals surface area contributed by atoms with E-state index in [4.69, 9.17) is 4.74 Å². The maximum absolute atomic E-state index is 12.3. The number of ether oxygens (including phenoxy) is 1. The van der Waals surface area contributed by atoms with Crippen LogP contribution in [0.4, 0.5) is 0 Å². The summed E-state index contributed by atoms with van der Waals surface area (Å²) in [6.45, 7) is 2.28. The molecule has 2 heterocycles. The Bertz CT molecular complexity index is 427. The molecule has 4 fully saturated rings. The van der Waals surface area contributed by atoms with Crippen molar-refractivity contribution in [1.82, 2.24) is 0 Å². The first-order valence-electron chi connectivity index (χ1n) is 7.35. The van der Waals surface area contributed by atoms with Gasteiger partial charge in [0, 0.05) is 18.3 Å². The van der Waals surface area contributed by atoms with Crippen LogP contribution in [0.3, 0.4) is 0 Å². The SMILES string of the molecule is C[C@@H]1CCC[C@H]2CC(=O)[C@@H]3O[C@H]2[C@]12CCC(=O)[C@@H]32. The van der Waals surface area contributed by atoms with Crippen LogP contribution in [0.25, 0.3) is 0 Å². The van der Waals surface area contributed by atoms with Gasteiger partial charge < -0.3 is 4.74 Å². The van der Waals surface area contributed by atoms with E-state index in [0.717, 1.165) is 12.8 Å². The second-order valence-electron chi connectivity index (χ2n) is 6.80. The molecule has 2 bridgehead atoms. The van der Waals surface area contributed by atoms with Crippen molar-refractivity contribution in [1.29, 1.82) is 0 Å². The summed E-state index contributed by atoms with van der Waals surface area (Å²) in [6.07, 6.45) is 5.58. The molecule has 98 valence electrons. The minimum Gasteiger partial charge on any atom is -0.366 e. The zero-order valence-electron chi connectivity index (χ0n) is 10.9. The molecule has 1 spiro atoms. The standard InChI is InChI=1S/C15H20O3/c1-8-3-2-4-9-7-11(17)13-12-10(16)5-6-15(8,12)14(9)18-13/h8-9,12-14H,2-7H2,1H3/t8-,9+,12+,13+,14-,15-/m1/s1. The van der Waals surface area contributed by atoms with Crippen LogP contribution < -0.4 is 0 Å². The molecule has 0 amide bonds. The molecule has 3 heteroatoms. The van der Waals surface area contributed by atoms with Crippen molar-refractivity contribution in [2.45, 2.75) is 57.7 Å². The van der Waals surface area contributed by atoms with Gasteiger partial charge in [0.25, 0.3) is 0 Å². The van der Waals surface area contributed by atoms with Gasteiger partial charge in [0.15, 0.2) is 5.78 Å². The predicted molar refractivity (Wildman–Crippen MR) is 65.0 cm³/mol. The van der Waals surface area contributed by atoms with E-state index in [-0.39, 0.29) is 29.3 Å². The number of hydrogen-bond donors (Lipinski definition) is 0. The van der Waals surface area contributed by atoms with Crippen molar-refractivity contribution in [3.8, 4) is 0 Å². The zero-order chi connectivity index (χ0) is 12.5. The Morgan fingerprint density at radius 3 is 2.89 bits per heavy atom. The Morgan fingerprint density at radius 2 is 2.06 bits per heavy atom. The van der Waals surface area contributed by atoms with Gasteiger partial charge in [-0.15, -0.1) is 0 Å². The molecule has 4 rings (SSSR count). The summed E-state index contributed by atoms with van der Waals surface area (Å²) < 4.78 is 6.08. The number of rotatable bonds is 0. The van der Waals surface area contributed by atoms with Gasteiger partial charge in [-0.3, -0.25) is 9.59 Å². The first-order chi connectivity index (χ1) is 8.64. The quantitative estimate of drug-likeness (QED) is 0.659. The van der Waals surface area contributed by atoms with E-state index in [1.54, 1.807) is 0 Å². The van der Waals surface area contributed by atoms with E-state index in [1.807, 2.05) is 0 Å². The average molecular weight is 248 g/mol. The number of hydrogen-bond acceptors (Lipinski definition) is 3. The summed E-state index contributed by atoms with van der Waals surface area (Å²) in [5.74, 6) is 1.31. The number of Topliss-reactive ketones (excluding diaryl/α,β-unsaturated/α-hetero) is 2. The number of carbonyl (C=O) groups excluding carboxylic acids is 2. The minimum absolute atomic E-state index is 0.00900. The van der Waals surface area contributed by atoms with Gasteiger partial charge in [0.05, 0.1) is 12.0 Å². The Hall–Kier alpha value is -0.700. The normalized spacial score (nSPS) is 54.4. The maximum Gasteiger partial charge on any atom is 0.162 e. The van der Waals surface area contributed by atoms with Crippen molar-refractivity contribution < 1.29 is 14.3 Å². The van der Waals surface area contributed by atoms with Crippen LogP contribution in [-0.2, 0) is 14.3 Å². The van der Waals surface area contributed by atoms with E-state index < -0.39 is 0 Å². The second kappa shape index (κ2) is 3.44. The van der Waals surface area contributed by atoms with E-state index in [2.05, 4.69) is 6.92 Å². The summed E-state index contributed by atoms with van der Waals surface area (Å²) >= 11 is 0. The molecular formula is C15H20O3. The summed E-state index contributed by atoms with van der Waals surface area (Å²) in [5.41, 5.74) is 0.00900. The first-order valence-corrected chi connectivity index (χ1v) is 7.35. The lowest BCUT2D eigenvalue weighted by atomic mass is 9.64. The zero-order valence-corrected chi connectivity index (χ0v) is 10.9. The van der Waals surface area contributed by atoms with Gasteiger partial charge in [-0.2, -0.15) is 0 Å². The molecule has 0 unspecified atom stereocenters. The molecule has 0 N–H and O–H groups in total. The molecule has 2 saturated carbocycles. The number of ketones is 2. The molecule has 3 nitrogen and oxygen atoms in total. The highest BCUT2D eigenvalue weighted by Crippen LogP contribution is 2.63. The van der Waals surface area contributed by atoms with Crippen LogP contribution in [0.5, 0.6) is 0 Å². The van der Waals surface area contributed by atoms with Crippen LogP contribution in [0.2, 0.25) is 0 Å². The number of carbonyl (C=O) groups is 2. The van der Waals surface area contributed by atoms with E-state index in [0.29, 0.717) is 30.5 Å². The van der Waals surface area contributed by atoms with Crippen molar-refractivity contribution in [2.75, 3.05) is 0 Å². The van der Waals surface area contributed by atoms with Crippen LogP contribution in [0.1, 0.15) is 45.4 Å². The maximum atomic E-state index is 12.3. The van der Waals surface area contributed by atoms with Gasteiger partial charge >= 0.3 is 0 Å². The fourth-order valence-corrected chi connectivity index (χ4v) is 5.42. The summed E-state index contributed by atoms with van der Waals surface area (Å²) in [6, 6.07) is 0. The molecule has 6 atom stereocenters. The lowest BCUT2D eigenvalue weighted by Crippen LogP contribution is -2.42. The van der Waals surface area contributed by atoms with Crippen molar-refractivity contribution in [3.05, 3.63) is 0 Å². The largest absolute Gasteiger partial charge is 0.366 e. The smallest absolute Gasteiger partial charge is 0.162 e. The van der Waals surface area contributed by atoms with Gasteiger partial charge in [-0.25, -0.2) is 0 Å². The highest BCUT2D eigenvalue weighted by Gasteiger charge is 2.69. The van der Waals surface area contributed by atoms with Crippen LogP contribution >= 0.6 is 0 Å². The fourth-order valence-electron chi connectivity index (χ4n) is 5.42. The molecule has 0 aromatic heterocycles. The van der Waals surface area contributed by atoms with Crippen LogP contribution in [0, 0.1) is 23.2 Å². The lowest BCUT2D eigenvalue weighted by molar-refractivity contribution is -0.146. The molecule has 4 aliphatic rings. The third-order valence-corrected chi connectivity index (χ3v) is 6.19. The monoisotopic (exact) mass is 248 g/mol. The molecule has 0 aromatic carbocycles. The van der Waals surface area contributed by atoms with Crippen molar-refractivity contribution >= 4 is 11.6 Å². The molecular weight excluding hydrogens is 228 g/mol. The number of fused-ring (bicyclic) bond motifs is 2. The van der Waals surface area contributed by atoms with Crippen molar-refractivity contribution in [2.24, 2.45) is 23.2 Å². The molecule has 0 radical (unpaired) electrons. The van der Waals surface area contributed by atoms with E-state index in [9.17, 15) is 9.59 Å². The molecule has 0 aromatic rings. The summed E-state index contributed by atoms with van der Waals surface area (Å²) in [7, 11) is 0. The summed E-state index contributed by atoms with van der Waals surface area (Å²) in [4.78, 5) is 24.5. The van der Waals surface area contributed by atoms with Gasteiger partial charge in [0.1, 0.15) is 11.9 Å². The molecule has 2 aliphatic heterocycles. The Kier molecular flexibility index (Phi) is 2.13. The molecule has 2 aliphatic carbocycles. The highest BCUT2D eigenvalue weighted by molar-refractivity contribution is 5.95. The van der Waals surface area contributed by atoms with E-state index >= 15 is 0 Å². The van der Waals surface area contributed by atoms with Crippen LogP contribution in [0.15, 0.2) is 0 Å². The van der Waals surface area contributed by atoms with Crippen molar-refractivity contribution in [3.63, 3.8) is 0 Å². The van der Waals surface area contributed by atoms with Crippen LogP contribution in [-0.4, -0.2) is 23.8 Å². The van der Waals surface area contributed by atoms with Gasteiger partial charge in [-0.1, -0.05) is 19.8 Å². The molecule has 18 heavy (non-hydrogen) atoms. The predicted octanol–water partition coefficient (Wildman–Crippen LogP) is 2.13. The Labute approximate surface area is 107 Å². The fraction of sp³-hybridized carbons (Fsp3) is 0.867. The van der Waals surface area contributed by atoms with Gasteiger partial charge in [0.2, 0.25) is 0 Å². The first kappa shape index (κ1) is 11.2. The van der Waals surface area contributed by atoms with E-state index in [1.165, 1.54) is 12.8 Å². The Morgan fingerprint density at radius 1 is 1.22 bits per heavy atom. The second-order valence-corrected chi connectivity index (χ2v) is 6.80. The highest BCUT2D eigenvalue weighted by atomic mass is 16.5. The lowest BCUT2D eigenvalue weighted by Gasteiger charge is -2.39. The minimum atomic E-state index is -0.387. The summed E-state index contributed by atoms with van der Waals surface area (Å²) in [5, 5.41) is 0. The third-order valence-electron chi connectivity index (χ3n) is 6.19. The van der Waals surface area contributed by atoms with Gasteiger partial charge in [-0.05, 0) is 24.7 Å². The topological polar surface area (TPSA) is 43.4 Å².